The van der Waals surface area contributed by atoms with E-state index in [4.69, 9.17) is 4.52 Å². The molecule has 1 unspecified atom stereocenters. The SMILES string of the molecule is CN=C(NCC(C)(C)N1CCCC(C)C1)N(C)Cc1ccon1. The number of likely N-dealkylation sites (tertiary alicyclic amines) is 1. The smallest absolute Gasteiger partial charge is 0.193 e. The van der Waals surface area contributed by atoms with E-state index in [0.29, 0.717) is 6.54 Å². The molecule has 1 fully saturated rings. The molecule has 6 heteroatoms. The number of guanidine groups is 1. The lowest BCUT2D eigenvalue weighted by molar-refractivity contribution is 0.0735. The molecule has 0 aliphatic carbocycles. The van der Waals surface area contributed by atoms with Crippen molar-refractivity contribution in [1.29, 1.82) is 0 Å². The van der Waals surface area contributed by atoms with Crippen LogP contribution in [0.25, 0.3) is 0 Å². The van der Waals surface area contributed by atoms with Gasteiger partial charge in [-0.15, -0.1) is 0 Å². The maximum Gasteiger partial charge on any atom is 0.193 e. The second-order valence-electron chi connectivity index (χ2n) is 7.25. The molecule has 130 valence electrons. The van der Waals surface area contributed by atoms with Gasteiger partial charge in [-0.2, -0.15) is 0 Å². The van der Waals surface area contributed by atoms with Crippen LogP contribution in [0.1, 0.15) is 39.3 Å². The van der Waals surface area contributed by atoms with E-state index in [2.05, 4.69) is 46.0 Å². The van der Waals surface area contributed by atoms with E-state index in [0.717, 1.165) is 24.1 Å². The third kappa shape index (κ3) is 4.96. The zero-order valence-corrected chi connectivity index (χ0v) is 15.2. The van der Waals surface area contributed by atoms with Crippen molar-refractivity contribution in [2.45, 2.75) is 45.7 Å². The van der Waals surface area contributed by atoms with Gasteiger partial charge in [-0.3, -0.25) is 9.89 Å². The van der Waals surface area contributed by atoms with Crippen molar-refractivity contribution in [2.24, 2.45) is 10.9 Å². The van der Waals surface area contributed by atoms with Crippen molar-refractivity contribution in [3.8, 4) is 0 Å². The van der Waals surface area contributed by atoms with Gasteiger partial charge in [0.2, 0.25) is 0 Å². The molecule has 1 aromatic rings. The summed E-state index contributed by atoms with van der Waals surface area (Å²) in [6.45, 7) is 10.9. The Hall–Kier alpha value is -1.56. The fraction of sp³-hybridized carbons (Fsp3) is 0.765. The zero-order valence-electron chi connectivity index (χ0n) is 15.2. The van der Waals surface area contributed by atoms with Gasteiger partial charge in [0, 0.05) is 38.8 Å². The van der Waals surface area contributed by atoms with Crippen molar-refractivity contribution in [3.63, 3.8) is 0 Å². The standard InChI is InChI=1S/C17H31N5O/c1-14-7-6-9-22(11-14)17(2,3)13-19-16(18-4)21(5)12-15-8-10-23-20-15/h8,10,14H,6-7,9,11-13H2,1-5H3,(H,18,19). The highest BCUT2D eigenvalue weighted by Crippen LogP contribution is 2.23. The van der Waals surface area contributed by atoms with Gasteiger partial charge in [0.05, 0.1) is 6.54 Å². The second kappa shape index (κ2) is 7.81. The first kappa shape index (κ1) is 17.8. The summed E-state index contributed by atoms with van der Waals surface area (Å²) in [5.74, 6) is 1.67. The van der Waals surface area contributed by atoms with Crippen molar-refractivity contribution >= 4 is 5.96 Å². The highest BCUT2D eigenvalue weighted by Gasteiger charge is 2.30. The zero-order chi connectivity index (χ0) is 16.9. The third-order valence-electron chi connectivity index (χ3n) is 4.66. The molecule has 0 aromatic carbocycles. The average molecular weight is 321 g/mol. The van der Waals surface area contributed by atoms with E-state index in [9.17, 15) is 0 Å². The van der Waals surface area contributed by atoms with Gasteiger partial charge in [0.1, 0.15) is 12.0 Å². The van der Waals surface area contributed by atoms with Crippen LogP contribution in [-0.2, 0) is 6.54 Å². The van der Waals surface area contributed by atoms with E-state index >= 15 is 0 Å². The molecule has 1 aromatic heterocycles. The predicted molar refractivity (Wildman–Crippen MR) is 93.4 cm³/mol. The molecular formula is C17H31N5O. The second-order valence-corrected chi connectivity index (χ2v) is 7.25. The van der Waals surface area contributed by atoms with Gasteiger partial charge in [-0.05, 0) is 39.2 Å². The first-order chi connectivity index (χ1) is 10.9. The molecule has 0 saturated carbocycles. The average Bonchev–Trinajstić information content (AvgIpc) is 3.00. The molecule has 1 aliphatic heterocycles. The van der Waals surface area contributed by atoms with Crippen molar-refractivity contribution in [1.82, 2.24) is 20.3 Å². The van der Waals surface area contributed by atoms with Gasteiger partial charge in [-0.1, -0.05) is 12.1 Å². The lowest BCUT2D eigenvalue weighted by atomic mass is 9.93. The highest BCUT2D eigenvalue weighted by atomic mass is 16.5. The molecule has 0 bridgehead atoms. The fourth-order valence-corrected chi connectivity index (χ4v) is 3.17. The minimum atomic E-state index is 0.110. The Morgan fingerprint density at radius 1 is 1.57 bits per heavy atom. The van der Waals surface area contributed by atoms with Gasteiger partial charge < -0.3 is 14.7 Å². The van der Waals surface area contributed by atoms with Crippen LogP contribution in [0.2, 0.25) is 0 Å². The summed E-state index contributed by atoms with van der Waals surface area (Å²) < 4.78 is 4.89. The largest absolute Gasteiger partial charge is 0.364 e. The molecule has 23 heavy (non-hydrogen) atoms. The summed E-state index contributed by atoms with van der Waals surface area (Å²) in [5.41, 5.74) is 1.01. The summed E-state index contributed by atoms with van der Waals surface area (Å²) in [6, 6.07) is 1.88. The quantitative estimate of drug-likeness (QED) is 0.665. The number of hydrogen-bond acceptors (Lipinski definition) is 4. The normalized spacial score (nSPS) is 20.6. The van der Waals surface area contributed by atoms with E-state index in [1.54, 1.807) is 6.26 Å². The van der Waals surface area contributed by atoms with Crippen LogP contribution in [0.5, 0.6) is 0 Å². The minimum absolute atomic E-state index is 0.110. The summed E-state index contributed by atoms with van der Waals surface area (Å²) >= 11 is 0. The Balaban J connectivity index is 1.88. The number of piperidine rings is 1. The number of aliphatic imine (C=N–C) groups is 1. The minimum Gasteiger partial charge on any atom is -0.364 e. The molecule has 2 rings (SSSR count). The van der Waals surface area contributed by atoms with Crippen LogP contribution in [0.4, 0.5) is 0 Å². The van der Waals surface area contributed by atoms with E-state index in [1.165, 1.54) is 25.9 Å². The van der Waals surface area contributed by atoms with Crippen LogP contribution in [0.15, 0.2) is 21.8 Å². The van der Waals surface area contributed by atoms with Crippen LogP contribution in [0, 0.1) is 5.92 Å². The van der Waals surface area contributed by atoms with Crippen molar-refractivity contribution in [2.75, 3.05) is 33.7 Å². The summed E-state index contributed by atoms with van der Waals surface area (Å²) in [5, 5.41) is 7.47. The molecule has 1 saturated heterocycles. The lowest BCUT2D eigenvalue weighted by Crippen LogP contribution is -2.56. The number of nitrogens with zero attached hydrogens (tertiary/aromatic N) is 4. The molecule has 2 heterocycles. The molecule has 0 spiro atoms. The van der Waals surface area contributed by atoms with E-state index in [-0.39, 0.29) is 5.54 Å². The first-order valence-electron chi connectivity index (χ1n) is 8.48. The monoisotopic (exact) mass is 321 g/mol. The van der Waals surface area contributed by atoms with Gasteiger partial charge >= 0.3 is 0 Å². The molecule has 1 aliphatic rings. The maximum absolute atomic E-state index is 4.89. The van der Waals surface area contributed by atoms with Crippen LogP contribution >= 0.6 is 0 Å². The summed E-state index contributed by atoms with van der Waals surface area (Å²) in [4.78, 5) is 9.04. The first-order valence-corrected chi connectivity index (χ1v) is 8.48. The Morgan fingerprint density at radius 3 is 2.96 bits per heavy atom. The third-order valence-corrected chi connectivity index (χ3v) is 4.66. The van der Waals surface area contributed by atoms with Crippen LogP contribution in [0.3, 0.4) is 0 Å². The summed E-state index contributed by atoms with van der Waals surface area (Å²) in [6.07, 6.45) is 4.24. The molecule has 1 N–H and O–H groups in total. The van der Waals surface area contributed by atoms with E-state index in [1.807, 2.05) is 20.2 Å². The molecule has 6 nitrogen and oxygen atoms in total. The molecule has 0 radical (unpaired) electrons. The van der Waals surface area contributed by atoms with Crippen LogP contribution < -0.4 is 5.32 Å². The Bertz CT molecular complexity index is 497. The number of aromatic nitrogens is 1. The van der Waals surface area contributed by atoms with Crippen molar-refractivity contribution < 1.29 is 4.52 Å². The number of hydrogen-bond donors (Lipinski definition) is 1. The molecule has 0 amide bonds. The van der Waals surface area contributed by atoms with E-state index < -0.39 is 0 Å². The topological polar surface area (TPSA) is 56.9 Å². The number of nitrogens with one attached hydrogen (secondary N) is 1. The Labute approximate surface area is 139 Å². The Kier molecular flexibility index (Phi) is 6.04. The Morgan fingerprint density at radius 2 is 2.35 bits per heavy atom. The molecule has 1 atom stereocenters. The maximum atomic E-state index is 4.89. The summed E-state index contributed by atoms with van der Waals surface area (Å²) in [7, 11) is 3.83. The fourth-order valence-electron chi connectivity index (χ4n) is 3.17. The van der Waals surface area contributed by atoms with Gasteiger partial charge in [0.15, 0.2) is 5.96 Å². The van der Waals surface area contributed by atoms with Crippen molar-refractivity contribution in [3.05, 3.63) is 18.0 Å². The van der Waals surface area contributed by atoms with Gasteiger partial charge in [-0.25, -0.2) is 0 Å². The highest BCUT2D eigenvalue weighted by molar-refractivity contribution is 5.79. The molecular weight excluding hydrogens is 290 g/mol. The predicted octanol–water partition coefficient (Wildman–Crippen LogP) is 2.19. The number of rotatable bonds is 5. The van der Waals surface area contributed by atoms with Crippen LogP contribution in [-0.4, -0.2) is 60.2 Å². The lowest BCUT2D eigenvalue weighted by Gasteiger charge is -2.43. The van der Waals surface area contributed by atoms with Gasteiger partial charge in [0.25, 0.3) is 0 Å².